The van der Waals surface area contributed by atoms with Gasteiger partial charge in [0.15, 0.2) is 0 Å². The van der Waals surface area contributed by atoms with Crippen molar-refractivity contribution in [1.29, 1.82) is 0 Å². The highest BCUT2D eigenvalue weighted by molar-refractivity contribution is 6.17. The lowest BCUT2D eigenvalue weighted by atomic mass is 10.2. The highest BCUT2D eigenvalue weighted by atomic mass is 35.5. The van der Waals surface area contributed by atoms with E-state index in [0.717, 1.165) is 29.2 Å². The number of rotatable bonds is 4. The maximum absolute atomic E-state index is 5.88. The van der Waals surface area contributed by atoms with Gasteiger partial charge in [0.05, 0.1) is 0 Å². The summed E-state index contributed by atoms with van der Waals surface area (Å²) in [6.07, 6.45) is 3.65. The fraction of sp³-hybridized carbons (Fsp3) is 0.286. The van der Waals surface area contributed by atoms with Gasteiger partial charge >= 0.3 is 0 Å². The molecule has 0 aliphatic carbocycles. The van der Waals surface area contributed by atoms with E-state index < -0.39 is 0 Å². The first kappa shape index (κ1) is 12.8. The molecule has 0 radical (unpaired) electrons. The molecule has 18 heavy (non-hydrogen) atoms. The van der Waals surface area contributed by atoms with E-state index >= 15 is 0 Å². The summed E-state index contributed by atoms with van der Waals surface area (Å²) < 4.78 is 0. The molecule has 94 valence electrons. The molecule has 0 fully saturated rings. The van der Waals surface area contributed by atoms with Crippen molar-refractivity contribution in [3.63, 3.8) is 0 Å². The average molecular weight is 262 g/mol. The smallest absolute Gasteiger partial charge is 0.129 e. The third-order valence-electron chi connectivity index (χ3n) is 2.69. The van der Waals surface area contributed by atoms with Crippen LogP contribution < -0.4 is 4.90 Å². The van der Waals surface area contributed by atoms with Gasteiger partial charge < -0.3 is 4.90 Å². The van der Waals surface area contributed by atoms with Crippen LogP contribution in [0.2, 0.25) is 0 Å². The fourth-order valence-electron chi connectivity index (χ4n) is 1.84. The summed E-state index contributed by atoms with van der Waals surface area (Å²) in [5.74, 6) is 1.45. The summed E-state index contributed by atoms with van der Waals surface area (Å²) in [5.41, 5.74) is 3.24. The van der Waals surface area contributed by atoms with Gasteiger partial charge in [-0.2, -0.15) is 0 Å². The number of hydrogen-bond donors (Lipinski definition) is 0. The van der Waals surface area contributed by atoms with Crippen LogP contribution in [-0.2, 0) is 12.4 Å². The van der Waals surface area contributed by atoms with Crippen LogP contribution in [0.15, 0.2) is 36.7 Å². The van der Waals surface area contributed by atoms with E-state index in [4.69, 9.17) is 11.6 Å². The number of alkyl halides is 1. The molecular weight excluding hydrogens is 246 g/mol. The van der Waals surface area contributed by atoms with Crippen molar-refractivity contribution in [2.75, 3.05) is 11.9 Å². The van der Waals surface area contributed by atoms with Gasteiger partial charge in [0.2, 0.25) is 0 Å². The lowest BCUT2D eigenvalue weighted by Gasteiger charge is -2.19. The van der Waals surface area contributed by atoms with Crippen molar-refractivity contribution in [3.8, 4) is 0 Å². The molecule has 0 bridgehead atoms. The zero-order chi connectivity index (χ0) is 13.0. The Labute approximate surface area is 112 Å². The van der Waals surface area contributed by atoms with Gasteiger partial charge in [-0.1, -0.05) is 6.07 Å². The predicted octanol–water partition coefficient (Wildman–Crippen LogP) is 3.16. The first-order valence-electron chi connectivity index (χ1n) is 5.82. The van der Waals surface area contributed by atoms with Gasteiger partial charge in [-0.25, -0.2) is 4.98 Å². The van der Waals surface area contributed by atoms with E-state index in [1.54, 1.807) is 6.20 Å². The van der Waals surface area contributed by atoms with Crippen LogP contribution in [0.1, 0.15) is 16.8 Å². The molecular formula is C14H16ClN3. The van der Waals surface area contributed by atoms with Crippen LogP contribution in [0.5, 0.6) is 0 Å². The van der Waals surface area contributed by atoms with Crippen LogP contribution in [-0.4, -0.2) is 17.0 Å². The first-order valence-corrected chi connectivity index (χ1v) is 6.36. The van der Waals surface area contributed by atoms with E-state index in [1.807, 2.05) is 38.4 Å². The first-order chi connectivity index (χ1) is 8.69. The standard InChI is InChI=1S/C14H16ClN3/c1-11-6-13(8-15)7-14(17-11)18(2)10-12-4-3-5-16-9-12/h3-7,9H,8,10H2,1-2H3. The Morgan fingerprint density at radius 1 is 1.28 bits per heavy atom. The Hall–Kier alpha value is -1.61. The highest BCUT2D eigenvalue weighted by Crippen LogP contribution is 2.17. The molecule has 0 atom stereocenters. The molecule has 0 aromatic carbocycles. The molecule has 0 saturated carbocycles. The van der Waals surface area contributed by atoms with Crippen LogP contribution >= 0.6 is 11.6 Å². The Kier molecular flexibility index (Phi) is 4.15. The van der Waals surface area contributed by atoms with Crippen LogP contribution in [0, 0.1) is 6.92 Å². The third-order valence-corrected chi connectivity index (χ3v) is 3.00. The Balaban J connectivity index is 2.18. The summed E-state index contributed by atoms with van der Waals surface area (Å²) in [6.45, 7) is 2.77. The molecule has 2 aromatic heterocycles. The van der Waals surface area contributed by atoms with Gasteiger partial charge in [0.25, 0.3) is 0 Å². The minimum Gasteiger partial charge on any atom is -0.355 e. The monoisotopic (exact) mass is 261 g/mol. The zero-order valence-electron chi connectivity index (χ0n) is 10.6. The summed E-state index contributed by atoms with van der Waals surface area (Å²) in [5, 5.41) is 0. The second-order valence-corrected chi connectivity index (χ2v) is 4.59. The lowest BCUT2D eigenvalue weighted by Crippen LogP contribution is -2.18. The number of aryl methyl sites for hydroxylation is 1. The van der Waals surface area contributed by atoms with Crippen LogP contribution in [0.4, 0.5) is 5.82 Å². The normalized spacial score (nSPS) is 10.4. The zero-order valence-corrected chi connectivity index (χ0v) is 11.4. The van der Waals surface area contributed by atoms with Crippen molar-refractivity contribution in [2.45, 2.75) is 19.3 Å². The van der Waals surface area contributed by atoms with Gasteiger partial charge in [-0.3, -0.25) is 4.98 Å². The molecule has 0 saturated heterocycles. The Morgan fingerprint density at radius 3 is 2.78 bits per heavy atom. The Morgan fingerprint density at radius 2 is 2.11 bits per heavy atom. The third kappa shape index (κ3) is 3.20. The predicted molar refractivity (Wildman–Crippen MR) is 74.9 cm³/mol. The molecule has 2 rings (SSSR count). The molecule has 3 nitrogen and oxygen atoms in total. The largest absolute Gasteiger partial charge is 0.355 e. The lowest BCUT2D eigenvalue weighted by molar-refractivity contribution is 0.884. The molecule has 0 amide bonds. The van der Waals surface area contributed by atoms with Crippen LogP contribution in [0.25, 0.3) is 0 Å². The summed E-state index contributed by atoms with van der Waals surface area (Å²) >= 11 is 5.88. The van der Waals surface area contributed by atoms with Crippen molar-refractivity contribution in [1.82, 2.24) is 9.97 Å². The van der Waals surface area contributed by atoms with Crippen molar-refractivity contribution in [3.05, 3.63) is 53.5 Å². The molecule has 2 aromatic rings. The van der Waals surface area contributed by atoms with E-state index in [-0.39, 0.29) is 0 Å². The molecule has 0 unspecified atom stereocenters. The quantitative estimate of drug-likeness (QED) is 0.792. The number of nitrogens with zero attached hydrogens (tertiary/aromatic N) is 3. The summed E-state index contributed by atoms with van der Waals surface area (Å²) in [4.78, 5) is 10.7. The van der Waals surface area contributed by atoms with E-state index in [0.29, 0.717) is 5.88 Å². The number of anilines is 1. The molecule has 0 spiro atoms. The fourth-order valence-corrected chi connectivity index (χ4v) is 1.99. The van der Waals surface area contributed by atoms with Crippen LogP contribution in [0.3, 0.4) is 0 Å². The number of hydrogen-bond acceptors (Lipinski definition) is 3. The molecule has 0 aliphatic rings. The molecule has 0 aliphatic heterocycles. The summed E-state index contributed by atoms with van der Waals surface area (Å²) in [7, 11) is 2.02. The Bertz CT molecular complexity index is 514. The van der Waals surface area contributed by atoms with Gasteiger partial charge in [-0.05, 0) is 36.2 Å². The number of aromatic nitrogens is 2. The van der Waals surface area contributed by atoms with Crippen molar-refractivity contribution < 1.29 is 0 Å². The number of pyridine rings is 2. The minimum absolute atomic E-state index is 0.511. The van der Waals surface area contributed by atoms with Gasteiger partial charge in [0, 0.05) is 37.6 Å². The highest BCUT2D eigenvalue weighted by Gasteiger charge is 2.06. The van der Waals surface area contributed by atoms with Gasteiger partial charge in [-0.15, -0.1) is 11.6 Å². The minimum atomic E-state index is 0.511. The van der Waals surface area contributed by atoms with Crippen molar-refractivity contribution >= 4 is 17.4 Å². The SMILES string of the molecule is Cc1cc(CCl)cc(N(C)Cc2cccnc2)n1. The number of halogens is 1. The topological polar surface area (TPSA) is 29.0 Å². The van der Waals surface area contributed by atoms with Gasteiger partial charge in [0.1, 0.15) is 5.82 Å². The second-order valence-electron chi connectivity index (χ2n) is 4.33. The molecule has 0 N–H and O–H groups in total. The molecule has 4 heteroatoms. The average Bonchev–Trinajstić information content (AvgIpc) is 2.39. The maximum atomic E-state index is 5.88. The van der Waals surface area contributed by atoms with Crippen molar-refractivity contribution in [2.24, 2.45) is 0 Å². The second kappa shape index (κ2) is 5.83. The van der Waals surface area contributed by atoms with E-state index in [2.05, 4.69) is 20.9 Å². The summed E-state index contributed by atoms with van der Waals surface area (Å²) in [6, 6.07) is 8.03. The molecule has 2 heterocycles. The van der Waals surface area contributed by atoms with E-state index in [1.165, 1.54) is 0 Å². The van der Waals surface area contributed by atoms with E-state index in [9.17, 15) is 0 Å². The maximum Gasteiger partial charge on any atom is 0.129 e.